The Morgan fingerprint density at radius 2 is 1.67 bits per heavy atom. The fourth-order valence-corrected chi connectivity index (χ4v) is 3.59. The molecule has 0 spiro atoms. The van der Waals surface area contributed by atoms with E-state index in [1.165, 1.54) is 11.8 Å². The van der Waals surface area contributed by atoms with Gasteiger partial charge in [0.1, 0.15) is 17.8 Å². The number of hydrogen-bond acceptors (Lipinski definition) is 6. The van der Waals surface area contributed by atoms with Gasteiger partial charge in [-0.1, -0.05) is 36.0 Å². The fraction of sp³-hybridized carbons (Fsp3) is 0.0833. The number of nitrogens with one attached hydrogen (secondary N) is 2. The van der Waals surface area contributed by atoms with E-state index in [1.54, 1.807) is 59.4 Å². The van der Waals surface area contributed by atoms with E-state index in [9.17, 15) is 9.59 Å². The SMILES string of the molecule is Cn1cnnc1SCC(=O)Nc1cccc(C(=O)Nc2ccc(Oc3ccccc3)cc2)c1. The van der Waals surface area contributed by atoms with Crippen molar-refractivity contribution < 1.29 is 14.3 Å². The number of hydrogen-bond donors (Lipinski definition) is 2. The van der Waals surface area contributed by atoms with Crippen molar-refractivity contribution in [3.05, 3.63) is 90.8 Å². The smallest absolute Gasteiger partial charge is 0.255 e. The first-order valence-electron chi connectivity index (χ1n) is 10.1. The molecule has 0 saturated carbocycles. The van der Waals surface area contributed by atoms with Crippen molar-refractivity contribution in [3.8, 4) is 11.5 Å². The molecule has 0 radical (unpaired) electrons. The zero-order chi connectivity index (χ0) is 23.0. The number of rotatable bonds is 8. The second-order valence-corrected chi connectivity index (χ2v) is 7.98. The van der Waals surface area contributed by atoms with Crippen molar-refractivity contribution >= 4 is 35.0 Å². The third-order valence-electron chi connectivity index (χ3n) is 4.50. The quantitative estimate of drug-likeness (QED) is 0.374. The van der Waals surface area contributed by atoms with Gasteiger partial charge in [-0.2, -0.15) is 0 Å². The predicted molar refractivity (Wildman–Crippen MR) is 128 cm³/mol. The van der Waals surface area contributed by atoms with Crippen LogP contribution in [-0.2, 0) is 11.8 Å². The lowest BCUT2D eigenvalue weighted by Gasteiger charge is -2.10. The van der Waals surface area contributed by atoms with Gasteiger partial charge in [-0.05, 0) is 54.6 Å². The number of nitrogens with zero attached hydrogens (tertiary/aromatic N) is 3. The van der Waals surface area contributed by atoms with Crippen LogP contribution in [0.4, 0.5) is 11.4 Å². The number of carbonyl (C=O) groups is 2. The fourth-order valence-electron chi connectivity index (χ4n) is 2.90. The van der Waals surface area contributed by atoms with Gasteiger partial charge >= 0.3 is 0 Å². The highest BCUT2D eigenvalue weighted by Crippen LogP contribution is 2.23. The van der Waals surface area contributed by atoms with Gasteiger partial charge in [0.15, 0.2) is 5.16 Å². The van der Waals surface area contributed by atoms with E-state index in [0.717, 1.165) is 5.75 Å². The molecule has 0 saturated heterocycles. The molecule has 0 atom stereocenters. The molecule has 0 unspecified atom stereocenters. The maximum atomic E-state index is 12.7. The van der Waals surface area contributed by atoms with Gasteiger partial charge in [0, 0.05) is 24.0 Å². The Kier molecular flexibility index (Phi) is 7.01. The number of benzene rings is 3. The van der Waals surface area contributed by atoms with Gasteiger partial charge < -0.3 is 19.9 Å². The van der Waals surface area contributed by atoms with Crippen molar-refractivity contribution in [3.63, 3.8) is 0 Å². The molecular formula is C24H21N5O3S. The summed E-state index contributed by atoms with van der Waals surface area (Å²) < 4.78 is 7.50. The maximum Gasteiger partial charge on any atom is 0.255 e. The second kappa shape index (κ2) is 10.5. The molecule has 0 fully saturated rings. The number of anilines is 2. The summed E-state index contributed by atoms with van der Waals surface area (Å²) in [5, 5.41) is 14.0. The zero-order valence-electron chi connectivity index (χ0n) is 17.8. The largest absolute Gasteiger partial charge is 0.457 e. The second-order valence-electron chi connectivity index (χ2n) is 7.04. The molecule has 1 aromatic heterocycles. The third kappa shape index (κ3) is 6.20. The molecular weight excluding hydrogens is 438 g/mol. The number of ether oxygens (including phenoxy) is 1. The van der Waals surface area contributed by atoms with Gasteiger partial charge in [-0.25, -0.2) is 0 Å². The van der Waals surface area contributed by atoms with Crippen molar-refractivity contribution in [1.29, 1.82) is 0 Å². The van der Waals surface area contributed by atoms with Crippen LogP contribution in [0.5, 0.6) is 11.5 Å². The number of amides is 2. The Balaban J connectivity index is 1.32. The molecule has 2 N–H and O–H groups in total. The van der Waals surface area contributed by atoms with Crippen molar-refractivity contribution in [1.82, 2.24) is 14.8 Å². The van der Waals surface area contributed by atoms with Crippen LogP contribution in [0, 0.1) is 0 Å². The van der Waals surface area contributed by atoms with E-state index in [1.807, 2.05) is 37.4 Å². The van der Waals surface area contributed by atoms with Gasteiger partial charge in [-0.15, -0.1) is 10.2 Å². The van der Waals surface area contributed by atoms with Gasteiger partial charge in [0.25, 0.3) is 5.91 Å². The van der Waals surface area contributed by atoms with Crippen LogP contribution in [0.2, 0.25) is 0 Å². The molecule has 0 aliphatic heterocycles. The summed E-state index contributed by atoms with van der Waals surface area (Å²) in [4.78, 5) is 24.9. The summed E-state index contributed by atoms with van der Waals surface area (Å²) in [7, 11) is 1.81. The van der Waals surface area contributed by atoms with Crippen molar-refractivity contribution in [2.45, 2.75) is 5.16 Å². The van der Waals surface area contributed by atoms with Crippen LogP contribution in [0.3, 0.4) is 0 Å². The van der Waals surface area contributed by atoms with E-state index >= 15 is 0 Å². The molecule has 8 nitrogen and oxygen atoms in total. The third-order valence-corrected chi connectivity index (χ3v) is 5.54. The number of aromatic nitrogens is 3. The van der Waals surface area contributed by atoms with Crippen LogP contribution in [0.15, 0.2) is 90.3 Å². The number of carbonyl (C=O) groups excluding carboxylic acids is 2. The normalized spacial score (nSPS) is 10.5. The Hall–Kier alpha value is -4.11. The summed E-state index contributed by atoms with van der Waals surface area (Å²) in [6, 6.07) is 23.3. The summed E-state index contributed by atoms with van der Waals surface area (Å²) in [5.41, 5.74) is 1.60. The first kappa shape index (κ1) is 22.1. The Labute approximate surface area is 195 Å². The molecule has 0 aliphatic carbocycles. The number of thioether (sulfide) groups is 1. The first-order chi connectivity index (χ1) is 16.1. The summed E-state index contributed by atoms with van der Waals surface area (Å²) in [6.07, 6.45) is 1.58. The Morgan fingerprint density at radius 1 is 0.909 bits per heavy atom. The highest BCUT2D eigenvalue weighted by molar-refractivity contribution is 7.99. The molecule has 2 amide bonds. The maximum absolute atomic E-state index is 12.7. The average molecular weight is 460 g/mol. The molecule has 33 heavy (non-hydrogen) atoms. The van der Waals surface area contributed by atoms with E-state index in [4.69, 9.17) is 4.74 Å². The lowest BCUT2D eigenvalue weighted by molar-refractivity contribution is -0.113. The van der Waals surface area contributed by atoms with Crippen LogP contribution in [-0.4, -0.2) is 32.3 Å². The predicted octanol–water partition coefficient (Wildman–Crippen LogP) is 4.59. The van der Waals surface area contributed by atoms with Gasteiger partial charge in [0.05, 0.1) is 5.75 Å². The van der Waals surface area contributed by atoms with Crippen LogP contribution >= 0.6 is 11.8 Å². The summed E-state index contributed by atoms with van der Waals surface area (Å²) in [5.74, 6) is 1.11. The molecule has 0 aliphatic rings. The molecule has 4 aromatic rings. The molecule has 1 heterocycles. The minimum atomic E-state index is -0.281. The molecule has 3 aromatic carbocycles. The molecule has 9 heteroatoms. The summed E-state index contributed by atoms with van der Waals surface area (Å²) in [6.45, 7) is 0. The number of para-hydroxylation sites is 1. The summed E-state index contributed by atoms with van der Waals surface area (Å²) >= 11 is 1.28. The van der Waals surface area contributed by atoms with Crippen LogP contribution < -0.4 is 15.4 Å². The monoisotopic (exact) mass is 459 g/mol. The standard InChI is InChI=1S/C24H21N5O3S/c1-29-16-25-28-24(29)33-15-22(30)26-19-7-5-6-17(14-19)23(31)27-18-10-12-21(13-11-18)32-20-8-3-2-4-9-20/h2-14,16H,15H2,1H3,(H,26,30)(H,27,31). The highest BCUT2D eigenvalue weighted by atomic mass is 32.2. The number of aryl methyl sites for hydroxylation is 1. The molecule has 166 valence electrons. The van der Waals surface area contributed by atoms with E-state index in [2.05, 4.69) is 20.8 Å². The lowest BCUT2D eigenvalue weighted by Crippen LogP contribution is -2.16. The van der Waals surface area contributed by atoms with Gasteiger partial charge in [0.2, 0.25) is 5.91 Å². The minimum Gasteiger partial charge on any atom is -0.457 e. The highest BCUT2D eigenvalue weighted by Gasteiger charge is 2.10. The topological polar surface area (TPSA) is 98.1 Å². The van der Waals surface area contributed by atoms with E-state index < -0.39 is 0 Å². The Bertz CT molecular complexity index is 1240. The van der Waals surface area contributed by atoms with E-state index in [-0.39, 0.29) is 17.6 Å². The van der Waals surface area contributed by atoms with E-state index in [0.29, 0.717) is 27.8 Å². The van der Waals surface area contributed by atoms with Crippen molar-refractivity contribution in [2.75, 3.05) is 16.4 Å². The van der Waals surface area contributed by atoms with Crippen LogP contribution in [0.1, 0.15) is 10.4 Å². The Morgan fingerprint density at radius 3 is 2.39 bits per heavy atom. The van der Waals surface area contributed by atoms with Crippen LogP contribution in [0.25, 0.3) is 0 Å². The molecule has 0 bridgehead atoms. The van der Waals surface area contributed by atoms with Gasteiger partial charge in [-0.3, -0.25) is 9.59 Å². The minimum absolute atomic E-state index is 0.181. The average Bonchev–Trinajstić information content (AvgIpc) is 3.24. The zero-order valence-corrected chi connectivity index (χ0v) is 18.6. The lowest BCUT2D eigenvalue weighted by atomic mass is 10.2. The molecule has 4 rings (SSSR count). The van der Waals surface area contributed by atoms with Crippen molar-refractivity contribution in [2.24, 2.45) is 7.05 Å². The first-order valence-corrected chi connectivity index (χ1v) is 11.1.